The maximum Gasteiger partial charge on any atom is 0.325 e. The van der Waals surface area contributed by atoms with E-state index >= 15 is 0 Å². The lowest BCUT2D eigenvalue weighted by Crippen LogP contribution is -2.37. The van der Waals surface area contributed by atoms with Crippen LogP contribution in [0.15, 0.2) is 18.5 Å². The molecular formula is C12H19N3O3. The molecule has 100 valence electrons. The minimum atomic E-state index is -0.393. The molecule has 1 aromatic heterocycles. The fourth-order valence-corrected chi connectivity index (χ4v) is 1.58. The van der Waals surface area contributed by atoms with Gasteiger partial charge in [-0.1, -0.05) is 6.92 Å². The Kier molecular flexibility index (Phi) is 5.90. The van der Waals surface area contributed by atoms with Gasteiger partial charge in [-0.25, -0.2) is 0 Å². The number of aromatic nitrogens is 2. The Morgan fingerprint density at radius 2 is 2.22 bits per heavy atom. The van der Waals surface area contributed by atoms with Crippen LogP contribution in [0.5, 0.6) is 0 Å². The number of aryl methyl sites for hydroxylation is 1. The molecular weight excluding hydrogens is 234 g/mol. The Labute approximate surface area is 107 Å². The molecule has 0 aliphatic carbocycles. The summed E-state index contributed by atoms with van der Waals surface area (Å²) in [5.74, 6) is -0.450. The lowest BCUT2D eigenvalue weighted by atomic mass is 10.3. The lowest BCUT2D eigenvalue weighted by molar-refractivity contribution is -0.147. The van der Waals surface area contributed by atoms with Gasteiger partial charge in [0.05, 0.1) is 7.11 Å². The van der Waals surface area contributed by atoms with E-state index in [-0.39, 0.29) is 12.5 Å². The average molecular weight is 253 g/mol. The molecule has 0 aliphatic heterocycles. The van der Waals surface area contributed by atoms with Gasteiger partial charge in [0.25, 0.3) is 0 Å². The first-order valence-electron chi connectivity index (χ1n) is 5.99. The average Bonchev–Trinajstić information content (AvgIpc) is 2.88. The summed E-state index contributed by atoms with van der Waals surface area (Å²) in [6.07, 6.45) is 4.61. The van der Waals surface area contributed by atoms with E-state index in [1.807, 2.05) is 13.0 Å². The molecule has 0 saturated carbocycles. The Morgan fingerprint density at radius 1 is 1.44 bits per heavy atom. The number of ether oxygens (including phenoxy) is 1. The summed E-state index contributed by atoms with van der Waals surface area (Å²) in [6, 6.07) is 1.81. The normalized spacial score (nSPS) is 10.1. The van der Waals surface area contributed by atoms with E-state index in [4.69, 9.17) is 0 Å². The van der Waals surface area contributed by atoms with Crippen molar-refractivity contribution >= 4 is 11.9 Å². The predicted octanol–water partition coefficient (Wildman–Crippen LogP) is 0.685. The van der Waals surface area contributed by atoms with Gasteiger partial charge in [0.2, 0.25) is 5.91 Å². The number of carbonyl (C=O) groups excluding carboxylic acids is 2. The monoisotopic (exact) mass is 253 g/mol. The van der Waals surface area contributed by atoms with E-state index < -0.39 is 5.97 Å². The molecule has 0 N–H and O–H groups in total. The van der Waals surface area contributed by atoms with Crippen LogP contribution in [0.3, 0.4) is 0 Å². The van der Waals surface area contributed by atoms with Crippen molar-refractivity contribution in [2.75, 3.05) is 20.2 Å². The molecule has 1 aromatic rings. The minimum absolute atomic E-state index is 0.0162. The Bertz CT molecular complexity index is 376. The number of amides is 1. The highest BCUT2D eigenvalue weighted by molar-refractivity contribution is 5.81. The molecule has 1 rings (SSSR count). The zero-order valence-corrected chi connectivity index (χ0v) is 10.8. The highest BCUT2D eigenvalue weighted by Gasteiger charge is 2.16. The molecule has 0 spiro atoms. The third kappa shape index (κ3) is 4.57. The molecule has 0 saturated heterocycles. The summed E-state index contributed by atoms with van der Waals surface area (Å²) in [5, 5.41) is 4.02. The number of methoxy groups -OCH3 is 1. The van der Waals surface area contributed by atoms with Crippen LogP contribution in [-0.2, 0) is 20.9 Å². The van der Waals surface area contributed by atoms with E-state index in [1.54, 1.807) is 17.1 Å². The number of esters is 1. The van der Waals surface area contributed by atoms with Crippen LogP contribution in [-0.4, -0.2) is 46.8 Å². The van der Waals surface area contributed by atoms with Crippen molar-refractivity contribution in [3.63, 3.8) is 0 Å². The Morgan fingerprint density at radius 3 is 2.78 bits per heavy atom. The second-order valence-electron chi connectivity index (χ2n) is 3.91. The molecule has 0 atom stereocenters. The van der Waals surface area contributed by atoms with E-state index in [9.17, 15) is 9.59 Å². The topological polar surface area (TPSA) is 64.4 Å². The van der Waals surface area contributed by atoms with Crippen molar-refractivity contribution in [1.82, 2.24) is 14.7 Å². The fourth-order valence-electron chi connectivity index (χ4n) is 1.58. The number of rotatable bonds is 7. The summed E-state index contributed by atoms with van der Waals surface area (Å²) in [7, 11) is 1.32. The molecule has 6 nitrogen and oxygen atoms in total. The first kappa shape index (κ1) is 14.2. The van der Waals surface area contributed by atoms with Crippen LogP contribution in [0, 0.1) is 0 Å². The molecule has 18 heavy (non-hydrogen) atoms. The Balaban J connectivity index is 2.45. The van der Waals surface area contributed by atoms with Crippen molar-refractivity contribution in [1.29, 1.82) is 0 Å². The van der Waals surface area contributed by atoms with Crippen LogP contribution in [0.1, 0.15) is 19.8 Å². The smallest absolute Gasteiger partial charge is 0.325 e. The van der Waals surface area contributed by atoms with Crippen molar-refractivity contribution in [2.45, 2.75) is 26.3 Å². The molecule has 1 heterocycles. The van der Waals surface area contributed by atoms with E-state index in [1.165, 1.54) is 12.0 Å². The maximum absolute atomic E-state index is 12.0. The molecule has 0 bridgehead atoms. The van der Waals surface area contributed by atoms with Crippen LogP contribution in [0.4, 0.5) is 0 Å². The van der Waals surface area contributed by atoms with Gasteiger partial charge in [-0.05, 0) is 12.5 Å². The largest absolute Gasteiger partial charge is 0.468 e. The van der Waals surface area contributed by atoms with Crippen molar-refractivity contribution in [3.8, 4) is 0 Å². The number of hydrogen-bond donors (Lipinski definition) is 0. The summed E-state index contributed by atoms with van der Waals surface area (Å²) in [4.78, 5) is 24.7. The van der Waals surface area contributed by atoms with Gasteiger partial charge >= 0.3 is 5.97 Å². The second kappa shape index (κ2) is 7.47. The van der Waals surface area contributed by atoms with Crippen LogP contribution in [0.25, 0.3) is 0 Å². The Hall–Kier alpha value is -1.85. The van der Waals surface area contributed by atoms with Gasteiger partial charge in [0, 0.05) is 31.9 Å². The zero-order chi connectivity index (χ0) is 13.4. The van der Waals surface area contributed by atoms with Crippen LogP contribution in [0.2, 0.25) is 0 Å². The number of nitrogens with zero attached hydrogens (tertiary/aromatic N) is 3. The summed E-state index contributed by atoms with van der Waals surface area (Å²) in [6.45, 7) is 3.06. The number of hydrogen-bond acceptors (Lipinski definition) is 4. The molecule has 0 aromatic carbocycles. The summed E-state index contributed by atoms with van der Waals surface area (Å²) < 4.78 is 6.27. The third-order valence-electron chi connectivity index (χ3n) is 2.51. The zero-order valence-electron chi connectivity index (χ0n) is 10.8. The predicted molar refractivity (Wildman–Crippen MR) is 65.7 cm³/mol. The number of carbonyl (C=O) groups is 2. The summed E-state index contributed by atoms with van der Waals surface area (Å²) >= 11 is 0. The lowest BCUT2D eigenvalue weighted by Gasteiger charge is -2.20. The van der Waals surface area contributed by atoms with Crippen molar-refractivity contribution in [2.24, 2.45) is 0 Å². The highest BCUT2D eigenvalue weighted by atomic mass is 16.5. The van der Waals surface area contributed by atoms with Crippen LogP contribution < -0.4 is 0 Å². The molecule has 0 fully saturated rings. The molecule has 0 radical (unpaired) electrons. The molecule has 0 aliphatic rings. The van der Waals surface area contributed by atoms with Gasteiger partial charge in [0.15, 0.2) is 0 Å². The SMILES string of the molecule is CCCN(CC(=O)OC)C(=O)CCn1cccn1. The van der Waals surface area contributed by atoms with Gasteiger partial charge < -0.3 is 9.64 Å². The van der Waals surface area contributed by atoms with E-state index in [0.29, 0.717) is 19.5 Å². The van der Waals surface area contributed by atoms with Gasteiger partial charge in [-0.15, -0.1) is 0 Å². The minimum Gasteiger partial charge on any atom is -0.468 e. The highest BCUT2D eigenvalue weighted by Crippen LogP contribution is 1.99. The third-order valence-corrected chi connectivity index (χ3v) is 2.51. The molecule has 1 amide bonds. The van der Waals surface area contributed by atoms with Gasteiger partial charge in [-0.2, -0.15) is 5.10 Å². The standard InChI is InChI=1S/C12H19N3O3/c1-3-7-14(10-12(17)18-2)11(16)5-9-15-8-4-6-13-15/h4,6,8H,3,5,7,9-10H2,1-2H3. The molecule has 0 unspecified atom stereocenters. The van der Waals surface area contributed by atoms with Gasteiger partial charge in [-0.3, -0.25) is 14.3 Å². The van der Waals surface area contributed by atoms with Crippen molar-refractivity contribution in [3.05, 3.63) is 18.5 Å². The van der Waals surface area contributed by atoms with Crippen molar-refractivity contribution < 1.29 is 14.3 Å². The fraction of sp³-hybridized carbons (Fsp3) is 0.583. The second-order valence-corrected chi connectivity index (χ2v) is 3.91. The van der Waals surface area contributed by atoms with E-state index in [0.717, 1.165) is 6.42 Å². The molecule has 6 heteroatoms. The first-order chi connectivity index (χ1) is 8.67. The first-order valence-corrected chi connectivity index (χ1v) is 5.99. The van der Waals surface area contributed by atoms with Gasteiger partial charge in [0.1, 0.15) is 6.54 Å². The van der Waals surface area contributed by atoms with E-state index in [2.05, 4.69) is 9.84 Å². The van der Waals surface area contributed by atoms with Crippen LogP contribution >= 0.6 is 0 Å². The maximum atomic E-state index is 12.0. The summed E-state index contributed by atoms with van der Waals surface area (Å²) in [5.41, 5.74) is 0. The quantitative estimate of drug-likeness (QED) is 0.670.